The Balaban J connectivity index is 1.40. The molecule has 0 atom stereocenters. The lowest BCUT2D eigenvalue weighted by molar-refractivity contribution is -0.136. The van der Waals surface area contributed by atoms with Crippen LogP contribution in [-0.4, -0.2) is 48.5 Å². The van der Waals surface area contributed by atoms with Gasteiger partial charge in [-0.15, -0.1) is 0 Å². The first kappa shape index (κ1) is 18.7. The lowest BCUT2D eigenvalue weighted by atomic mass is 9.95. The van der Waals surface area contributed by atoms with Crippen molar-refractivity contribution >= 4 is 12.0 Å². The van der Waals surface area contributed by atoms with Gasteiger partial charge in [-0.1, -0.05) is 43.2 Å². The summed E-state index contributed by atoms with van der Waals surface area (Å²) in [6, 6.07) is 9.69. The largest absolute Gasteiger partial charge is 0.445 e. The molecule has 1 saturated carbocycles. The lowest BCUT2D eigenvalue weighted by Gasteiger charge is -2.33. The summed E-state index contributed by atoms with van der Waals surface area (Å²) in [5, 5.41) is 0. The van der Waals surface area contributed by atoms with Crippen molar-refractivity contribution in [1.82, 2.24) is 9.80 Å². The molecule has 0 aromatic heterocycles. The van der Waals surface area contributed by atoms with Crippen molar-refractivity contribution < 1.29 is 14.3 Å². The van der Waals surface area contributed by atoms with Gasteiger partial charge in [-0.2, -0.15) is 0 Å². The average molecular weight is 358 g/mol. The molecule has 2 amide bonds. The zero-order valence-corrected chi connectivity index (χ0v) is 15.7. The first-order valence-electron chi connectivity index (χ1n) is 9.84. The zero-order chi connectivity index (χ0) is 18.4. The van der Waals surface area contributed by atoms with Gasteiger partial charge in [-0.05, 0) is 37.2 Å². The molecule has 1 aliphatic heterocycles. The molecule has 1 heterocycles. The van der Waals surface area contributed by atoms with Gasteiger partial charge in [-0.25, -0.2) is 4.79 Å². The molecule has 0 unspecified atom stereocenters. The minimum atomic E-state index is -0.279. The smallest absolute Gasteiger partial charge is 0.410 e. The van der Waals surface area contributed by atoms with Crippen LogP contribution in [0.25, 0.3) is 0 Å². The van der Waals surface area contributed by atoms with Crippen LogP contribution in [0.2, 0.25) is 0 Å². The molecule has 3 rings (SSSR count). The van der Waals surface area contributed by atoms with Crippen LogP contribution in [0.1, 0.15) is 44.1 Å². The van der Waals surface area contributed by atoms with Crippen molar-refractivity contribution in [2.45, 2.75) is 45.1 Å². The number of carbonyl (C=O) groups is 2. The van der Waals surface area contributed by atoms with Crippen molar-refractivity contribution in [2.75, 3.05) is 26.7 Å². The molecule has 5 nitrogen and oxygen atoms in total. The lowest BCUT2D eigenvalue weighted by Crippen LogP contribution is -2.44. The summed E-state index contributed by atoms with van der Waals surface area (Å²) in [6.45, 7) is 2.38. The van der Waals surface area contributed by atoms with E-state index in [2.05, 4.69) is 0 Å². The van der Waals surface area contributed by atoms with E-state index in [4.69, 9.17) is 4.74 Å². The predicted molar refractivity (Wildman–Crippen MR) is 101 cm³/mol. The van der Waals surface area contributed by atoms with Gasteiger partial charge in [0.05, 0.1) is 0 Å². The van der Waals surface area contributed by atoms with E-state index >= 15 is 0 Å². The number of hydrogen-bond donors (Lipinski definition) is 0. The molecule has 0 N–H and O–H groups in total. The molecule has 1 aromatic carbocycles. The van der Waals surface area contributed by atoms with Crippen molar-refractivity contribution in [2.24, 2.45) is 11.8 Å². The Bertz CT molecular complexity index is 591. The van der Waals surface area contributed by atoms with E-state index in [1.807, 2.05) is 42.3 Å². The second-order valence-electron chi connectivity index (χ2n) is 7.67. The summed E-state index contributed by atoms with van der Waals surface area (Å²) in [4.78, 5) is 28.5. The Morgan fingerprint density at radius 3 is 2.38 bits per heavy atom. The monoisotopic (exact) mass is 358 g/mol. The Morgan fingerprint density at radius 2 is 1.73 bits per heavy atom. The second kappa shape index (κ2) is 9.06. The summed E-state index contributed by atoms with van der Waals surface area (Å²) in [5.41, 5.74) is 0.986. The van der Waals surface area contributed by atoms with Crippen LogP contribution < -0.4 is 0 Å². The number of piperidine rings is 1. The maximum Gasteiger partial charge on any atom is 0.410 e. The quantitative estimate of drug-likeness (QED) is 0.807. The van der Waals surface area contributed by atoms with E-state index in [-0.39, 0.29) is 17.9 Å². The summed E-state index contributed by atoms with van der Waals surface area (Å²) in [5.74, 6) is 0.964. The van der Waals surface area contributed by atoms with Gasteiger partial charge in [-0.3, -0.25) is 4.79 Å². The van der Waals surface area contributed by atoms with Crippen molar-refractivity contribution in [1.29, 1.82) is 0 Å². The normalized spacial score (nSPS) is 18.7. The summed E-state index contributed by atoms with van der Waals surface area (Å²) in [6.07, 6.45) is 6.29. The van der Waals surface area contributed by atoms with Gasteiger partial charge in [0.1, 0.15) is 6.61 Å². The van der Waals surface area contributed by atoms with Gasteiger partial charge in [0, 0.05) is 32.6 Å². The number of hydrogen-bond acceptors (Lipinski definition) is 3. The fraction of sp³-hybridized carbons (Fsp3) is 0.619. The van der Waals surface area contributed by atoms with E-state index < -0.39 is 0 Å². The maximum atomic E-state index is 12.7. The fourth-order valence-corrected chi connectivity index (χ4v) is 4.10. The topological polar surface area (TPSA) is 49.9 Å². The first-order chi connectivity index (χ1) is 12.6. The molecule has 26 heavy (non-hydrogen) atoms. The Labute approximate surface area is 156 Å². The number of likely N-dealkylation sites (tertiary alicyclic amines) is 1. The summed E-state index contributed by atoms with van der Waals surface area (Å²) >= 11 is 0. The van der Waals surface area contributed by atoms with Crippen molar-refractivity contribution in [3.8, 4) is 0 Å². The first-order valence-corrected chi connectivity index (χ1v) is 9.84. The fourth-order valence-electron chi connectivity index (χ4n) is 4.10. The molecule has 5 heteroatoms. The van der Waals surface area contributed by atoms with E-state index in [1.165, 1.54) is 25.7 Å². The third-order valence-corrected chi connectivity index (χ3v) is 5.69. The Kier molecular flexibility index (Phi) is 6.53. The molecule has 1 aromatic rings. The van der Waals surface area contributed by atoms with E-state index in [9.17, 15) is 9.59 Å². The van der Waals surface area contributed by atoms with Crippen molar-refractivity contribution in [3.63, 3.8) is 0 Å². The Hall–Kier alpha value is -2.04. The van der Waals surface area contributed by atoms with Crippen LogP contribution in [0.5, 0.6) is 0 Å². The van der Waals surface area contributed by atoms with Gasteiger partial charge in [0.25, 0.3) is 0 Å². The highest BCUT2D eigenvalue weighted by atomic mass is 16.6. The van der Waals surface area contributed by atoms with E-state index in [1.54, 1.807) is 4.90 Å². The summed E-state index contributed by atoms with van der Waals surface area (Å²) in [7, 11) is 1.93. The van der Waals surface area contributed by atoms with Crippen LogP contribution in [0.3, 0.4) is 0 Å². The van der Waals surface area contributed by atoms with Gasteiger partial charge >= 0.3 is 6.09 Å². The number of rotatable bonds is 5. The van der Waals surface area contributed by atoms with Crippen LogP contribution in [0, 0.1) is 11.8 Å². The number of amides is 2. The number of nitrogens with zero attached hydrogens (tertiary/aromatic N) is 2. The maximum absolute atomic E-state index is 12.7. The van der Waals surface area contributed by atoms with Gasteiger partial charge in [0.15, 0.2) is 0 Å². The number of carbonyl (C=O) groups excluding carboxylic acids is 2. The minimum absolute atomic E-state index is 0.0413. The molecule has 1 saturated heterocycles. The molecular weight excluding hydrogens is 328 g/mol. The highest BCUT2D eigenvalue weighted by Gasteiger charge is 2.30. The molecule has 2 fully saturated rings. The van der Waals surface area contributed by atoms with E-state index in [0.717, 1.165) is 24.9 Å². The average Bonchev–Trinajstić information content (AvgIpc) is 3.19. The SMILES string of the molecule is CN(CC1CCCC1)C(=O)C1CCN(C(=O)OCc2ccccc2)CC1. The minimum Gasteiger partial charge on any atom is -0.445 e. The van der Waals surface area contributed by atoms with Gasteiger partial charge in [0.2, 0.25) is 5.91 Å². The molecule has 2 aliphatic rings. The highest BCUT2D eigenvalue weighted by Crippen LogP contribution is 2.26. The molecule has 0 spiro atoms. The van der Waals surface area contributed by atoms with E-state index in [0.29, 0.717) is 25.6 Å². The molecule has 1 aliphatic carbocycles. The Morgan fingerprint density at radius 1 is 1.08 bits per heavy atom. The number of ether oxygens (including phenoxy) is 1. The molecule has 142 valence electrons. The van der Waals surface area contributed by atoms with Crippen molar-refractivity contribution in [3.05, 3.63) is 35.9 Å². The third kappa shape index (κ3) is 4.99. The standard InChI is InChI=1S/C21H30N2O3/c1-22(15-17-7-5-6-8-17)20(24)19-11-13-23(14-12-19)21(25)26-16-18-9-3-2-4-10-18/h2-4,9-10,17,19H,5-8,11-16H2,1H3. The number of benzene rings is 1. The summed E-state index contributed by atoms with van der Waals surface area (Å²) < 4.78 is 5.39. The van der Waals surface area contributed by atoms with Crippen LogP contribution >= 0.6 is 0 Å². The second-order valence-corrected chi connectivity index (χ2v) is 7.67. The van der Waals surface area contributed by atoms with Crippen LogP contribution in [0.4, 0.5) is 4.79 Å². The molecular formula is C21H30N2O3. The third-order valence-electron chi connectivity index (χ3n) is 5.69. The molecule has 0 radical (unpaired) electrons. The van der Waals surface area contributed by atoms with Gasteiger partial charge < -0.3 is 14.5 Å². The predicted octanol–water partition coefficient (Wildman–Crippen LogP) is 3.68. The van der Waals surface area contributed by atoms with Crippen LogP contribution in [-0.2, 0) is 16.1 Å². The highest BCUT2D eigenvalue weighted by molar-refractivity contribution is 5.79. The zero-order valence-electron chi connectivity index (χ0n) is 15.7. The molecule has 0 bridgehead atoms. The van der Waals surface area contributed by atoms with Crippen LogP contribution in [0.15, 0.2) is 30.3 Å².